The van der Waals surface area contributed by atoms with Crippen molar-refractivity contribution in [1.82, 2.24) is 19.3 Å². The Kier molecular flexibility index (Phi) is 1.57. The Labute approximate surface area is 67.1 Å². The molecule has 2 aromatic heterocycles. The van der Waals surface area contributed by atoms with Crippen molar-refractivity contribution >= 4 is 11.5 Å². The van der Waals surface area contributed by atoms with Crippen molar-refractivity contribution in [3.8, 4) is 11.5 Å². The summed E-state index contributed by atoms with van der Waals surface area (Å²) < 4.78 is 4.03. The van der Waals surface area contributed by atoms with Gasteiger partial charge in [-0.1, -0.05) is 0 Å². The summed E-state index contributed by atoms with van der Waals surface area (Å²) in [5.41, 5.74) is 2.44. The van der Waals surface area contributed by atoms with Crippen LogP contribution in [0.2, 0.25) is 0 Å². The first-order chi connectivity index (χ1) is 5.47. The van der Waals surface area contributed by atoms with Gasteiger partial charge in [-0.2, -0.15) is 4.37 Å². The Hall–Kier alpha value is -1.36. The highest BCUT2D eigenvalue weighted by atomic mass is 32.1. The molecular formula is C6H4N4S. The van der Waals surface area contributed by atoms with Crippen molar-refractivity contribution in [1.29, 1.82) is 0 Å². The summed E-state index contributed by atoms with van der Waals surface area (Å²) in [6.07, 6.45) is 3.15. The molecule has 0 bridgehead atoms. The minimum atomic E-state index is 0.664. The molecule has 0 radical (unpaired) electrons. The van der Waals surface area contributed by atoms with Crippen molar-refractivity contribution in [2.24, 2.45) is 0 Å². The van der Waals surface area contributed by atoms with Gasteiger partial charge in [0.2, 0.25) is 0 Å². The van der Waals surface area contributed by atoms with E-state index < -0.39 is 0 Å². The molecule has 2 heterocycles. The molecular weight excluding hydrogens is 160 g/mol. The monoisotopic (exact) mass is 164 g/mol. The van der Waals surface area contributed by atoms with E-state index in [4.69, 9.17) is 0 Å². The third kappa shape index (κ3) is 1.22. The largest absolute Gasteiger partial charge is 0.245 e. The zero-order chi connectivity index (χ0) is 7.52. The van der Waals surface area contributed by atoms with Gasteiger partial charge in [0, 0.05) is 6.20 Å². The normalized spacial score (nSPS) is 9.82. The maximum atomic E-state index is 4.03. The maximum absolute atomic E-state index is 4.03. The second-order valence-corrected chi connectivity index (χ2v) is 2.45. The van der Waals surface area contributed by atoms with Crippen LogP contribution in [0.5, 0.6) is 0 Å². The number of rotatable bonds is 1. The first-order valence-electron chi connectivity index (χ1n) is 2.99. The van der Waals surface area contributed by atoms with E-state index in [1.807, 2.05) is 0 Å². The molecule has 0 amide bonds. The topological polar surface area (TPSA) is 51.6 Å². The lowest BCUT2D eigenvalue weighted by molar-refractivity contribution is 1.14. The lowest BCUT2D eigenvalue weighted by Crippen LogP contribution is -1.84. The van der Waals surface area contributed by atoms with E-state index in [1.54, 1.807) is 17.8 Å². The van der Waals surface area contributed by atoms with Crippen molar-refractivity contribution in [2.45, 2.75) is 0 Å². The molecule has 0 saturated carbocycles. The Bertz CT molecular complexity index is 318. The van der Waals surface area contributed by atoms with Gasteiger partial charge >= 0.3 is 0 Å². The average Bonchev–Trinajstić information content (AvgIpc) is 2.58. The maximum Gasteiger partial charge on any atom is 0.191 e. The molecule has 11 heavy (non-hydrogen) atoms. The predicted molar refractivity (Wildman–Crippen MR) is 40.9 cm³/mol. The van der Waals surface area contributed by atoms with Gasteiger partial charge in [0.15, 0.2) is 5.82 Å². The van der Waals surface area contributed by atoms with Gasteiger partial charge in [0.1, 0.15) is 17.5 Å². The third-order valence-corrected chi connectivity index (χ3v) is 1.65. The molecule has 0 N–H and O–H groups in total. The standard InChI is InChI=1S/C6H4N4S/c1-2-7-3-8-5(1)6-9-4-11-10-6/h1-4H. The molecule has 0 aromatic carbocycles. The fourth-order valence-corrected chi connectivity index (χ4v) is 1.14. The molecule has 0 aliphatic rings. The molecule has 54 valence electrons. The van der Waals surface area contributed by atoms with Gasteiger partial charge in [-0.05, 0) is 17.6 Å². The number of hydrogen-bond acceptors (Lipinski definition) is 5. The second kappa shape index (κ2) is 2.71. The highest BCUT2D eigenvalue weighted by Crippen LogP contribution is 2.09. The zero-order valence-electron chi connectivity index (χ0n) is 5.51. The third-order valence-electron chi connectivity index (χ3n) is 1.17. The first kappa shape index (κ1) is 6.36. The minimum absolute atomic E-state index is 0.664. The van der Waals surface area contributed by atoms with E-state index in [0.29, 0.717) is 5.82 Å². The van der Waals surface area contributed by atoms with E-state index in [9.17, 15) is 0 Å². The summed E-state index contributed by atoms with van der Waals surface area (Å²) in [4.78, 5) is 11.8. The SMILES string of the molecule is c1cc(-c2ncsn2)ncn1. The number of hydrogen-bond donors (Lipinski definition) is 0. The second-order valence-electron chi connectivity index (χ2n) is 1.85. The van der Waals surface area contributed by atoms with E-state index in [1.165, 1.54) is 17.9 Å². The van der Waals surface area contributed by atoms with Gasteiger partial charge in [-0.3, -0.25) is 0 Å². The average molecular weight is 164 g/mol. The van der Waals surface area contributed by atoms with Crippen molar-refractivity contribution < 1.29 is 0 Å². The number of aromatic nitrogens is 4. The van der Waals surface area contributed by atoms with E-state index in [2.05, 4.69) is 19.3 Å². The fourth-order valence-electron chi connectivity index (χ4n) is 0.706. The van der Waals surface area contributed by atoms with E-state index >= 15 is 0 Å². The Morgan fingerprint density at radius 1 is 1.27 bits per heavy atom. The molecule has 0 aliphatic heterocycles. The smallest absolute Gasteiger partial charge is 0.191 e. The zero-order valence-corrected chi connectivity index (χ0v) is 6.32. The molecule has 0 aliphatic carbocycles. The van der Waals surface area contributed by atoms with Gasteiger partial charge in [-0.25, -0.2) is 15.0 Å². The van der Waals surface area contributed by atoms with Crippen LogP contribution in [0.25, 0.3) is 11.5 Å². The van der Waals surface area contributed by atoms with Crippen molar-refractivity contribution in [2.75, 3.05) is 0 Å². The van der Waals surface area contributed by atoms with Gasteiger partial charge in [-0.15, -0.1) is 0 Å². The first-order valence-corrected chi connectivity index (χ1v) is 3.83. The molecule has 5 heteroatoms. The van der Waals surface area contributed by atoms with Crippen LogP contribution >= 0.6 is 11.5 Å². The molecule has 2 rings (SSSR count). The molecule has 0 unspecified atom stereocenters. The molecule has 0 spiro atoms. The van der Waals surface area contributed by atoms with Crippen LogP contribution in [0.3, 0.4) is 0 Å². The Morgan fingerprint density at radius 2 is 2.27 bits per heavy atom. The highest BCUT2D eigenvalue weighted by Gasteiger charge is 1.99. The highest BCUT2D eigenvalue weighted by molar-refractivity contribution is 7.03. The van der Waals surface area contributed by atoms with E-state index in [-0.39, 0.29) is 0 Å². The molecule has 0 atom stereocenters. The quantitative estimate of drug-likeness (QED) is 0.630. The summed E-state index contributed by atoms with van der Waals surface area (Å²) >= 11 is 1.31. The van der Waals surface area contributed by atoms with E-state index in [0.717, 1.165) is 5.69 Å². The van der Waals surface area contributed by atoms with Crippen LogP contribution in [-0.2, 0) is 0 Å². The molecule has 0 saturated heterocycles. The summed E-state index contributed by atoms with van der Waals surface area (Å²) in [5.74, 6) is 0.664. The lowest BCUT2D eigenvalue weighted by atomic mass is 10.4. The molecule has 2 aromatic rings. The number of nitrogens with zero attached hydrogens (tertiary/aromatic N) is 4. The van der Waals surface area contributed by atoms with Gasteiger partial charge in [0.05, 0.1) is 0 Å². The van der Waals surface area contributed by atoms with Gasteiger partial charge in [0.25, 0.3) is 0 Å². The summed E-state index contributed by atoms with van der Waals surface area (Å²) in [5, 5.41) is 0. The van der Waals surface area contributed by atoms with Crippen molar-refractivity contribution in [3.63, 3.8) is 0 Å². The van der Waals surface area contributed by atoms with Crippen LogP contribution in [0, 0.1) is 0 Å². The molecule has 0 fully saturated rings. The summed E-state index contributed by atoms with van der Waals surface area (Å²) in [6.45, 7) is 0. The Balaban J connectivity index is 2.46. The van der Waals surface area contributed by atoms with Crippen LogP contribution < -0.4 is 0 Å². The summed E-state index contributed by atoms with van der Waals surface area (Å²) in [6, 6.07) is 1.78. The predicted octanol–water partition coefficient (Wildman–Crippen LogP) is 0.995. The van der Waals surface area contributed by atoms with Crippen LogP contribution in [0.4, 0.5) is 0 Å². The fraction of sp³-hybridized carbons (Fsp3) is 0. The Morgan fingerprint density at radius 3 is 2.91 bits per heavy atom. The lowest BCUT2D eigenvalue weighted by Gasteiger charge is -1.89. The van der Waals surface area contributed by atoms with Crippen LogP contribution in [0.1, 0.15) is 0 Å². The van der Waals surface area contributed by atoms with Crippen molar-refractivity contribution in [3.05, 3.63) is 24.1 Å². The molecule has 4 nitrogen and oxygen atoms in total. The minimum Gasteiger partial charge on any atom is -0.245 e. The van der Waals surface area contributed by atoms with Crippen LogP contribution in [-0.4, -0.2) is 19.3 Å². The summed E-state index contributed by atoms with van der Waals surface area (Å²) in [7, 11) is 0. The van der Waals surface area contributed by atoms with Crippen LogP contribution in [0.15, 0.2) is 24.1 Å². The van der Waals surface area contributed by atoms with Gasteiger partial charge < -0.3 is 0 Å².